The van der Waals surface area contributed by atoms with Crippen LogP contribution in [0.2, 0.25) is 0 Å². The maximum absolute atomic E-state index is 12.2. The Morgan fingerprint density at radius 2 is 1.92 bits per heavy atom. The second kappa shape index (κ2) is 7.93. The van der Waals surface area contributed by atoms with E-state index < -0.39 is 0 Å². The van der Waals surface area contributed by atoms with E-state index >= 15 is 0 Å². The summed E-state index contributed by atoms with van der Waals surface area (Å²) in [6.45, 7) is 1.66. The molecule has 2 aromatic rings. The molecule has 2 N–H and O–H groups in total. The minimum absolute atomic E-state index is 0.0655. The molecule has 0 radical (unpaired) electrons. The normalized spacial score (nSPS) is 16.9. The van der Waals surface area contributed by atoms with Gasteiger partial charge in [-0.2, -0.15) is 0 Å². The van der Waals surface area contributed by atoms with E-state index in [9.17, 15) is 9.59 Å². The highest BCUT2D eigenvalue weighted by atomic mass is 16.5. The lowest BCUT2D eigenvalue weighted by molar-refractivity contribution is -0.121. The molecular formula is C19H22N2O3. The van der Waals surface area contributed by atoms with Crippen molar-refractivity contribution in [3.8, 4) is 0 Å². The Hall–Kier alpha value is -2.40. The summed E-state index contributed by atoms with van der Waals surface area (Å²) in [5.41, 5.74) is 0.605. The molecule has 1 aliphatic heterocycles. The second-order valence-corrected chi connectivity index (χ2v) is 6.01. The van der Waals surface area contributed by atoms with Crippen molar-refractivity contribution in [2.75, 3.05) is 19.7 Å². The molecular weight excluding hydrogens is 304 g/mol. The van der Waals surface area contributed by atoms with Crippen molar-refractivity contribution in [1.29, 1.82) is 0 Å². The SMILES string of the molecule is O=C(CCNC(=O)c1ccc2ccccc2c1)NCC1CCCO1. The predicted molar refractivity (Wildman–Crippen MR) is 92.9 cm³/mol. The van der Waals surface area contributed by atoms with Gasteiger partial charge in [-0.25, -0.2) is 0 Å². The largest absolute Gasteiger partial charge is 0.376 e. The Kier molecular flexibility index (Phi) is 5.43. The molecule has 0 aliphatic carbocycles. The molecule has 0 saturated carbocycles. The van der Waals surface area contributed by atoms with Crippen molar-refractivity contribution < 1.29 is 14.3 Å². The number of carbonyl (C=O) groups is 2. The molecule has 1 fully saturated rings. The second-order valence-electron chi connectivity index (χ2n) is 6.01. The molecule has 1 saturated heterocycles. The maximum atomic E-state index is 12.2. The topological polar surface area (TPSA) is 67.4 Å². The van der Waals surface area contributed by atoms with Gasteiger partial charge in [0.15, 0.2) is 0 Å². The van der Waals surface area contributed by atoms with Crippen LogP contribution in [0.15, 0.2) is 42.5 Å². The first-order valence-electron chi connectivity index (χ1n) is 8.38. The average molecular weight is 326 g/mol. The molecule has 2 amide bonds. The van der Waals surface area contributed by atoms with Crippen LogP contribution in [-0.2, 0) is 9.53 Å². The maximum Gasteiger partial charge on any atom is 0.251 e. The summed E-state index contributed by atoms with van der Waals surface area (Å²) in [5.74, 6) is -0.225. The van der Waals surface area contributed by atoms with Crippen LogP contribution in [0, 0.1) is 0 Å². The zero-order chi connectivity index (χ0) is 16.8. The minimum Gasteiger partial charge on any atom is -0.376 e. The molecule has 0 spiro atoms. The average Bonchev–Trinajstić information content (AvgIpc) is 3.13. The zero-order valence-electron chi connectivity index (χ0n) is 13.6. The van der Waals surface area contributed by atoms with Gasteiger partial charge in [-0.1, -0.05) is 30.3 Å². The van der Waals surface area contributed by atoms with Crippen LogP contribution in [0.25, 0.3) is 10.8 Å². The summed E-state index contributed by atoms with van der Waals surface area (Å²) >= 11 is 0. The van der Waals surface area contributed by atoms with Crippen molar-refractivity contribution in [2.24, 2.45) is 0 Å². The number of benzene rings is 2. The van der Waals surface area contributed by atoms with Crippen LogP contribution in [0.5, 0.6) is 0 Å². The highest BCUT2D eigenvalue weighted by Crippen LogP contribution is 2.15. The molecule has 5 heteroatoms. The molecule has 24 heavy (non-hydrogen) atoms. The summed E-state index contributed by atoms with van der Waals surface area (Å²) in [4.78, 5) is 23.9. The molecule has 126 valence electrons. The predicted octanol–water partition coefficient (Wildman–Crippen LogP) is 2.25. The summed E-state index contributed by atoms with van der Waals surface area (Å²) in [6.07, 6.45) is 2.47. The van der Waals surface area contributed by atoms with E-state index in [1.807, 2.05) is 36.4 Å². The molecule has 1 atom stereocenters. The lowest BCUT2D eigenvalue weighted by atomic mass is 10.1. The van der Waals surface area contributed by atoms with Gasteiger partial charge in [-0.05, 0) is 35.7 Å². The number of rotatable bonds is 6. The number of nitrogens with one attached hydrogen (secondary N) is 2. The first kappa shape index (κ1) is 16.5. The smallest absolute Gasteiger partial charge is 0.251 e. The number of hydrogen-bond donors (Lipinski definition) is 2. The van der Waals surface area contributed by atoms with Crippen LogP contribution in [0.4, 0.5) is 0 Å². The number of carbonyl (C=O) groups excluding carboxylic acids is 2. The van der Waals surface area contributed by atoms with E-state index in [-0.39, 0.29) is 24.3 Å². The van der Waals surface area contributed by atoms with E-state index in [0.717, 1.165) is 30.2 Å². The van der Waals surface area contributed by atoms with Crippen molar-refractivity contribution in [3.63, 3.8) is 0 Å². The monoisotopic (exact) mass is 326 g/mol. The van der Waals surface area contributed by atoms with Gasteiger partial charge in [-0.3, -0.25) is 9.59 Å². The summed E-state index contributed by atoms with van der Waals surface area (Å²) in [7, 11) is 0. The minimum atomic E-state index is -0.160. The molecule has 1 aliphatic rings. The summed E-state index contributed by atoms with van der Waals surface area (Å²) < 4.78 is 5.45. The third kappa shape index (κ3) is 4.32. The fraction of sp³-hybridized carbons (Fsp3) is 0.368. The number of hydrogen-bond acceptors (Lipinski definition) is 3. The lowest BCUT2D eigenvalue weighted by Gasteiger charge is -2.11. The summed E-state index contributed by atoms with van der Waals surface area (Å²) in [5, 5.41) is 7.77. The van der Waals surface area contributed by atoms with Crippen LogP contribution in [-0.4, -0.2) is 37.6 Å². The van der Waals surface area contributed by atoms with Gasteiger partial charge >= 0.3 is 0 Å². The molecule has 1 heterocycles. The fourth-order valence-corrected chi connectivity index (χ4v) is 2.84. The number of ether oxygens (including phenoxy) is 1. The van der Waals surface area contributed by atoms with Gasteiger partial charge < -0.3 is 15.4 Å². The standard InChI is InChI=1S/C19H22N2O3/c22-18(21-13-17-6-3-11-24-17)9-10-20-19(23)16-8-7-14-4-1-2-5-15(14)12-16/h1-2,4-5,7-8,12,17H,3,6,9-11,13H2,(H,20,23)(H,21,22). The first-order valence-corrected chi connectivity index (χ1v) is 8.38. The van der Waals surface area contributed by atoms with Crippen molar-refractivity contribution in [1.82, 2.24) is 10.6 Å². The Balaban J connectivity index is 1.43. The van der Waals surface area contributed by atoms with Crippen molar-refractivity contribution in [3.05, 3.63) is 48.0 Å². The molecule has 2 aromatic carbocycles. The van der Waals surface area contributed by atoms with E-state index in [1.165, 1.54) is 0 Å². The van der Waals surface area contributed by atoms with E-state index in [0.29, 0.717) is 18.7 Å². The Bertz CT molecular complexity index is 723. The highest BCUT2D eigenvalue weighted by molar-refractivity contribution is 5.98. The Labute approximate surface area is 141 Å². The Morgan fingerprint density at radius 1 is 1.08 bits per heavy atom. The number of fused-ring (bicyclic) bond motifs is 1. The Morgan fingerprint density at radius 3 is 2.71 bits per heavy atom. The van der Waals surface area contributed by atoms with Gasteiger partial charge in [-0.15, -0.1) is 0 Å². The highest BCUT2D eigenvalue weighted by Gasteiger charge is 2.16. The van der Waals surface area contributed by atoms with Gasteiger partial charge in [0.1, 0.15) is 0 Å². The van der Waals surface area contributed by atoms with E-state index in [4.69, 9.17) is 4.74 Å². The molecule has 0 aromatic heterocycles. The zero-order valence-corrected chi connectivity index (χ0v) is 13.6. The third-order valence-electron chi connectivity index (χ3n) is 4.20. The third-order valence-corrected chi connectivity index (χ3v) is 4.20. The van der Waals surface area contributed by atoms with Crippen LogP contribution < -0.4 is 10.6 Å². The molecule has 1 unspecified atom stereocenters. The lowest BCUT2D eigenvalue weighted by Crippen LogP contribution is -2.34. The van der Waals surface area contributed by atoms with Crippen molar-refractivity contribution in [2.45, 2.75) is 25.4 Å². The summed E-state index contributed by atoms with van der Waals surface area (Å²) in [6, 6.07) is 13.5. The van der Waals surface area contributed by atoms with Crippen molar-refractivity contribution >= 4 is 22.6 Å². The van der Waals surface area contributed by atoms with E-state index in [1.54, 1.807) is 6.07 Å². The number of amides is 2. The quantitative estimate of drug-likeness (QED) is 0.855. The van der Waals surface area contributed by atoms with Gasteiger partial charge in [0.25, 0.3) is 5.91 Å². The van der Waals surface area contributed by atoms with E-state index in [2.05, 4.69) is 10.6 Å². The van der Waals surface area contributed by atoms with Crippen LogP contribution in [0.3, 0.4) is 0 Å². The first-order chi connectivity index (χ1) is 11.7. The van der Waals surface area contributed by atoms with Gasteiger partial charge in [0, 0.05) is 31.7 Å². The molecule has 5 nitrogen and oxygen atoms in total. The molecule has 0 bridgehead atoms. The fourth-order valence-electron chi connectivity index (χ4n) is 2.84. The van der Waals surface area contributed by atoms with Crippen LogP contribution in [0.1, 0.15) is 29.6 Å². The van der Waals surface area contributed by atoms with Crippen LogP contribution >= 0.6 is 0 Å². The molecule has 3 rings (SSSR count). The van der Waals surface area contributed by atoms with Gasteiger partial charge in [0.2, 0.25) is 5.91 Å². The van der Waals surface area contributed by atoms with Gasteiger partial charge in [0.05, 0.1) is 6.10 Å².